The topological polar surface area (TPSA) is 119 Å². The maximum absolute atomic E-state index is 13.5. The molecule has 4 aromatic heterocycles. The first-order chi connectivity index (χ1) is 16.6. The van der Waals surface area contributed by atoms with E-state index in [1.54, 1.807) is 11.2 Å². The van der Waals surface area contributed by atoms with Crippen molar-refractivity contribution in [3.63, 3.8) is 0 Å². The third kappa shape index (κ3) is 3.53. The minimum Gasteiger partial charge on any atom is -0.412 e. The van der Waals surface area contributed by atoms with E-state index in [0.717, 1.165) is 31.3 Å². The van der Waals surface area contributed by atoms with Crippen LogP contribution in [0.1, 0.15) is 33.1 Å². The minimum absolute atomic E-state index is 0.0258. The third-order valence-electron chi connectivity index (χ3n) is 5.54. The van der Waals surface area contributed by atoms with Crippen molar-refractivity contribution in [3.05, 3.63) is 65.3 Å². The number of halogens is 2. The Balaban J connectivity index is 1.33. The van der Waals surface area contributed by atoms with Crippen LogP contribution in [-0.4, -0.2) is 58.7 Å². The smallest absolute Gasteiger partial charge is 0.312 e. The summed E-state index contributed by atoms with van der Waals surface area (Å²) in [5.41, 5.74) is 2.87. The molecular formula is C21H16F2N8O2S. The van der Waals surface area contributed by atoms with Crippen molar-refractivity contribution < 1.29 is 18.0 Å². The molecule has 6 rings (SSSR count). The monoisotopic (exact) mass is 482 g/mol. The number of imidazole rings is 1. The molecule has 0 radical (unpaired) electrons. The van der Waals surface area contributed by atoms with Gasteiger partial charge < -0.3 is 14.3 Å². The van der Waals surface area contributed by atoms with Crippen LogP contribution in [-0.2, 0) is 13.0 Å². The second-order valence-electron chi connectivity index (χ2n) is 7.69. The molecule has 1 atom stereocenters. The van der Waals surface area contributed by atoms with Crippen molar-refractivity contribution in [2.75, 3.05) is 6.54 Å². The normalized spacial score (nSPS) is 15.9. The quantitative estimate of drug-likeness (QED) is 0.408. The summed E-state index contributed by atoms with van der Waals surface area (Å²) >= 11 is 1.50. The number of aromatic nitrogens is 7. The molecule has 0 saturated heterocycles. The number of nitrogens with zero attached hydrogens (tertiary/aromatic N) is 7. The highest BCUT2D eigenvalue weighted by Crippen LogP contribution is 2.38. The van der Waals surface area contributed by atoms with E-state index in [0.29, 0.717) is 18.5 Å². The second-order valence-corrected chi connectivity index (χ2v) is 8.75. The van der Waals surface area contributed by atoms with E-state index in [2.05, 4.69) is 25.3 Å². The third-order valence-corrected chi connectivity index (χ3v) is 6.63. The van der Waals surface area contributed by atoms with Gasteiger partial charge in [0.05, 0.1) is 34.0 Å². The molecule has 5 heterocycles. The molecule has 0 spiro atoms. The van der Waals surface area contributed by atoms with Gasteiger partial charge >= 0.3 is 11.8 Å². The Labute approximate surface area is 194 Å². The highest BCUT2D eigenvalue weighted by Gasteiger charge is 2.38. The molecule has 1 amide bonds. The summed E-state index contributed by atoms with van der Waals surface area (Å²) in [5, 5.41) is 12.4. The molecule has 0 unspecified atom stereocenters. The molecule has 1 aliphatic rings. The van der Waals surface area contributed by atoms with Gasteiger partial charge in [-0.1, -0.05) is 12.1 Å². The Morgan fingerprint density at radius 3 is 3.03 bits per heavy atom. The van der Waals surface area contributed by atoms with Crippen molar-refractivity contribution >= 4 is 27.5 Å². The van der Waals surface area contributed by atoms with Gasteiger partial charge in [0.2, 0.25) is 0 Å². The Morgan fingerprint density at radius 1 is 1.29 bits per heavy atom. The number of H-pyrrole nitrogens is 1. The number of hydrogen-bond donors (Lipinski definition) is 1. The maximum Gasteiger partial charge on any atom is 0.312 e. The molecule has 5 aromatic rings. The molecule has 10 nitrogen and oxygen atoms in total. The summed E-state index contributed by atoms with van der Waals surface area (Å²) in [6.07, 6.45) is 2.36. The highest BCUT2D eigenvalue weighted by molar-refractivity contribution is 7.18. The Hall–Kier alpha value is -4.00. The van der Waals surface area contributed by atoms with Crippen LogP contribution >= 0.6 is 11.3 Å². The van der Waals surface area contributed by atoms with E-state index >= 15 is 0 Å². The Kier molecular flexibility index (Phi) is 4.90. The lowest BCUT2D eigenvalue weighted by Crippen LogP contribution is -2.40. The molecule has 0 saturated carbocycles. The van der Waals surface area contributed by atoms with Crippen LogP contribution in [0.15, 0.2) is 47.4 Å². The predicted octanol–water partition coefficient (Wildman–Crippen LogP) is 3.32. The van der Waals surface area contributed by atoms with Crippen molar-refractivity contribution in [3.8, 4) is 11.5 Å². The summed E-state index contributed by atoms with van der Waals surface area (Å²) in [6, 6.07) is 7.25. The molecule has 13 heteroatoms. The number of fused-ring (bicyclic) bond motifs is 2. The number of para-hydroxylation sites is 1. The fraction of sp³-hybridized carbons (Fsp3) is 0.238. The number of carbonyl (C=O) groups excluding carboxylic acids is 1. The fourth-order valence-corrected chi connectivity index (χ4v) is 5.10. The van der Waals surface area contributed by atoms with E-state index in [9.17, 15) is 13.6 Å². The maximum atomic E-state index is 13.5. The Bertz CT molecular complexity index is 1460. The largest absolute Gasteiger partial charge is 0.412 e. The van der Waals surface area contributed by atoms with Gasteiger partial charge in [-0.2, -0.15) is 5.10 Å². The number of alkyl halides is 2. The van der Waals surface area contributed by atoms with E-state index in [1.165, 1.54) is 23.7 Å². The van der Waals surface area contributed by atoms with Crippen LogP contribution in [0.4, 0.5) is 8.78 Å². The van der Waals surface area contributed by atoms with Crippen LogP contribution in [0.5, 0.6) is 0 Å². The number of thiazole rings is 1. The molecule has 1 aliphatic heterocycles. The predicted molar refractivity (Wildman–Crippen MR) is 116 cm³/mol. The first-order valence-electron chi connectivity index (χ1n) is 10.4. The van der Waals surface area contributed by atoms with Gasteiger partial charge in [0.25, 0.3) is 12.3 Å². The molecule has 1 N–H and O–H groups in total. The zero-order valence-electron chi connectivity index (χ0n) is 17.4. The molecular weight excluding hydrogens is 466 g/mol. The van der Waals surface area contributed by atoms with Gasteiger partial charge in [0.15, 0.2) is 0 Å². The van der Waals surface area contributed by atoms with Crippen molar-refractivity contribution in [1.82, 2.24) is 39.8 Å². The molecule has 34 heavy (non-hydrogen) atoms. The van der Waals surface area contributed by atoms with Crippen LogP contribution in [0.3, 0.4) is 0 Å². The summed E-state index contributed by atoms with van der Waals surface area (Å²) < 4.78 is 32.9. The Morgan fingerprint density at radius 2 is 2.18 bits per heavy atom. The van der Waals surface area contributed by atoms with Crippen molar-refractivity contribution in [2.24, 2.45) is 0 Å². The van der Waals surface area contributed by atoms with Crippen molar-refractivity contribution in [2.45, 2.75) is 25.4 Å². The van der Waals surface area contributed by atoms with Gasteiger partial charge in [0.1, 0.15) is 17.6 Å². The number of hydrogen-bond acceptors (Lipinski definition) is 8. The molecule has 0 bridgehead atoms. The summed E-state index contributed by atoms with van der Waals surface area (Å²) in [5.74, 6) is -0.642. The van der Waals surface area contributed by atoms with Gasteiger partial charge in [0, 0.05) is 24.9 Å². The van der Waals surface area contributed by atoms with E-state index < -0.39 is 24.9 Å². The van der Waals surface area contributed by atoms with Crippen LogP contribution in [0.25, 0.3) is 21.7 Å². The molecule has 0 aliphatic carbocycles. The summed E-state index contributed by atoms with van der Waals surface area (Å²) in [7, 11) is 0. The van der Waals surface area contributed by atoms with E-state index in [4.69, 9.17) is 9.40 Å². The first-order valence-corrected chi connectivity index (χ1v) is 11.2. The number of benzene rings is 1. The van der Waals surface area contributed by atoms with E-state index in [-0.39, 0.29) is 11.8 Å². The first kappa shape index (κ1) is 20.6. The average Bonchev–Trinajstić information content (AvgIpc) is 3.62. The number of rotatable bonds is 5. The standard InChI is InChI=1S/C21H16F2N8O2S/c22-15(23)9-30-8-11(7-26-30)18-28-29-19(33-18)21(32)31-6-5-13-16(25-10-24-13)17(31)20-27-12-3-1-2-4-14(12)34-20/h1-4,7-8,10,15,17H,5-6,9H2,(H,24,25)/t17-/m0/s1. The van der Waals surface area contributed by atoms with Gasteiger partial charge in [-0.25, -0.2) is 18.7 Å². The lowest BCUT2D eigenvalue weighted by molar-refractivity contribution is 0.0650. The number of amides is 1. The average molecular weight is 482 g/mol. The van der Waals surface area contributed by atoms with Crippen LogP contribution < -0.4 is 0 Å². The van der Waals surface area contributed by atoms with Gasteiger partial charge in [-0.3, -0.25) is 9.48 Å². The summed E-state index contributed by atoms with van der Waals surface area (Å²) in [6.45, 7) is -0.151. The molecule has 1 aromatic carbocycles. The fourth-order valence-electron chi connectivity index (χ4n) is 4.02. The van der Waals surface area contributed by atoms with Crippen LogP contribution in [0, 0.1) is 0 Å². The van der Waals surface area contributed by atoms with Gasteiger partial charge in [-0.15, -0.1) is 21.5 Å². The number of nitrogens with one attached hydrogen (secondary N) is 1. The lowest BCUT2D eigenvalue weighted by Gasteiger charge is -2.32. The summed E-state index contributed by atoms with van der Waals surface area (Å²) in [4.78, 5) is 27.5. The van der Waals surface area contributed by atoms with Gasteiger partial charge in [-0.05, 0) is 12.1 Å². The van der Waals surface area contributed by atoms with Crippen molar-refractivity contribution in [1.29, 1.82) is 0 Å². The zero-order chi connectivity index (χ0) is 23.2. The molecule has 0 fully saturated rings. The minimum atomic E-state index is -2.54. The lowest BCUT2D eigenvalue weighted by atomic mass is 10.0. The molecule has 172 valence electrons. The van der Waals surface area contributed by atoms with E-state index in [1.807, 2.05) is 24.3 Å². The second kappa shape index (κ2) is 8.09. The highest BCUT2D eigenvalue weighted by atomic mass is 32.1. The number of aromatic amines is 1. The SMILES string of the molecule is O=C(c1nnc(-c2cnn(CC(F)F)c2)o1)N1CCc2[nH]cnc2[C@H]1c1nc2ccccc2s1. The number of carbonyl (C=O) groups is 1. The van der Waals surface area contributed by atoms with Crippen LogP contribution in [0.2, 0.25) is 0 Å². The zero-order valence-corrected chi connectivity index (χ0v) is 18.2.